The van der Waals surface area contributed by atoms with E-state index in [0.29, 0.717) is 35.6 Å². The second kappa shape index (κ2) is 7.49. The predicted molar refractivity (Wildman–Crippen MR) is 104 cm³/mol. The molecule has 0 amide bonds. The van der Waals surface area contributed by atoms with Gasteiger partial charge in [0.2, 0.25) is 10.0 Å². The molecule has 146 valence electrons. The van der Waals surface area contributed by atoms with Crippen molar-refractivity contribution in [3.63, 3.8) is 0 Å². The van der Waals surface area contributed by atoms with Gasteiger partial charge in [-0.05, 0) is 54.5 Å². The van der Waals surface area contributed by atoms with Crippen LogP contribution in [0.5, 0.6) is 5.75 Å². The zero-order valence-corrected chi connectivity index (χ0v) is 17.3. The van der Waals surface area contributed by atoms with Crippen molar-refractivity contribution in [2.24, 2.45) is 17.3 Å². The van der Waals surface area contributed by atoms with Crippen LogP contribution in [0.25, 0.3) is 0 Å². The first kappa shape index (κ1) is 19.6. The number of hydrogen-bond acceptors (Lipinski definition) is 4. The highest BCUT2D eigenvalue weighted by molar-refractivity contribution is 7.89. The second-order valence-corrected chi connectivity index (χ2v) is 10.3. The van der Waals surface area contributed by atoms with Gasteiger partial charge in [-0.1, -0.05) is 27.2 Å². The van der Waals surface area contributed by atoms with E-state index in [1.54, 1.807) is 35.7 Å². The zero-order chi connectivity index (χ0) is 18.9. The van der Waals surface area contributed by atoms with Crippen molar-refractivity contribution in [1.29, 1.82) is 0 Å². The maximum atomic E-state index is 13.2. The highest BCUT2D eigenvalue weighted by atomic mass is 32.2. The summed E-state index contributed by atoms with van der Waals surface area (Å²) in [5, 5.41) is 0. The second-order valence-electron chi connectivity index (χ2n) is 8.33. The summed E-state index contributed by atoms with van der Waals surface area (Å²) in [6.07, 6.45) is 2.42. The first-order valence-corrected chi connectivity index (χ1v) is 11.1. The molecule has 0 saturated carbocycles. The molecule has 1 aromatic rings. The summed E-state index contributed by atoms with van der Waals surface area (Å²) in [6.45, 7) is 11.2. The van der Waals surface area contributed by atoms with Gasteiger partial charge in [0, 0.05) is 26.2 Å². The summed E-state index contributed by atoms with van der Waals surface area (Å²) in [5.74, 6) is 1.42. The molecule has 2 unspecified atom stereocenters. The average Bonchev–Trinajstić information content (AvgIpc) is 2.59. The number of hydrogen-bond donors (Lipinski definition) is 0. The Bertz CT molecular complexity index is 697. The van der Waals surface area contributed by atoms with Crippen molar-refractivity contribution < 1.29 is 13.2 Å². The van der Waals surface area contributed by atoms with E-state index < -0.39 is 10.0 Å². The first-order valence-electron chi connectivity index (χ1n) is 9.65. The molecule has 0 aromatic heterocycles. The van der Waals surface area contributed by atoms with E-state index in [9.17, 15) is 8.42 Å². The molecular weight excluding hydrogens is 348 g/mol. The van der Waals surface area contributed by atoms with Gasteiger partial charge in [-0.25, -0.2) is 8.42 Å². The van der Waals surface area contributed by atoms with Gasteiger partial charge in [0.05, 0.1) is 12.0 Å². The minimum absolute atomic E-state index is 0.189. The summed E-state index contributed by atoms with van der Waals surface area (Å²) in [5.41, 5.74) is 0.189. The van der Waals surface area contributed by atoms with Gasteiger partial charge in [-0.2, -0.15) is 4.31 Å². The smallest absolute Gasteiger partial charge is 0.243 e. The number of piperidine rings is 2. The number of unbranched alkanes of at least 4 members (excludes halogenated alkanes) is 1. The fourth-order valence-corrected chi connectivity index (χ4v) is 5.84. The monoisotopic (exact) mass is 380 g/mol. The maximum absolute atomic E-state index is 13.2. The first-order chi connectivity index (χ1) is 12.3. The van der Waals surface area contributed by atoms with Crippen LogP contribution in [-0.2, 0) is 10.0 Å². The van der Waals surface area contributed by atoms with Gasteiger partial charge in [-0.15, -0.1) is 0 Å². The molecule has 6 heteroatoms. The molecule has 2 saturated heterocycles. The van der Waals surface area contributed by atoms with Gasteiger partial charge < -0.3 is 9.64 Å². The summed E-state index contributed by atoms with van der Waals surface area (Å²) in [6, 6.07) is 6.73. The van der Waals surface area contributed by atoms with E-state index in [1.807, 2.05) is 0 Å². The van der Waals surface area contributed by atoms with Gasteiger partial charge in [0.1, 0.15) is 5.75 Å². The van der Waals surface area contributed by atoms with Gasteiger partial charge in [-0.3, -0.25) is 0 Å². The van der Waals surface area contributed by atoms with Crippen LogP contribution in [0.4, 0.5) is 0 Å². The Morgan fingerprint density at radius 3 is 2.15 bits per heavy atom. The van der Waals surface area contributed by atoms with Crippen LogP contribution in [-0.4, -0.2) is 57.5 Å². The third kappa shape index (κ3) is 3.64. The summed E-state index contributed by atoms with van der Waals surface area (Å²) in [4.78, 5) is 2.90. The van der Waals surface area contributed by atoms with Crippen molar-refractivity contribution in [2.45, 2.75) is 38.5 Å². The molecule has 0 radical (unpaired) electrons. The number of methoxy groups -OCH3 is 1. The molecular formula is C20H32N2O3S. The maximum Gasteiger partial charge on any atom is 0.243 e. The molecule has 5 nitrogen and oxygen atoms in total. The highest BCUT2D eigenvalue weighted by Crippen LogP contribution is 2.45. The van der Waals surface area contributed by atoms with E-state index in [-0.39, 0.29) is 5.41 Å². The number of sulfonamides is 1. The van der Waals surface area contributed by atoms with Crippen LogP contribution in [0.2, 0.25) is 0 Å². The largest absolute Gasteiger partial charge is 0.497 e. The highest BCUT2D eigenvalue weighted by Gasteiger charge is 2.49. The zero-order valence-electron chi connectivity index (χ0n) is 16.4. The van der Waals surface area contributed by atoms with Crippen molar-refractivity contribution in [1.82, 2.24) is 9.21 Å². The molecule has 2 aliphatic rings. The van der Waals surface area contributed by atoms with Crippen LogP contribution in [0.15, 0.2) is 29.2 Å². The minimum atomic E-state index is -3.45. The molecule has 1 aromatic carbocycles. The van der Waals surface area contributed by atoms with Crippen LogP contribution in [0, 0.1) is 17.3 Å². The fourth-order valence-electron chi connectivity index (χ4n) is 4.31. The van der Waals surface area contributed by atoms with E-state index in [1.165, 1.54) is 12.8 Å². The molecule has 2 heterocycles. The number of rotatable bonds is 6. The number of nitrogens with zero attached hydrogens (tertiary/aromatic N) is 2. The molecule has 3 rings (SSSR count). The van der Waals surface area contributed by atoms with Crippen LogP contribution < -0.4 is 4.74 Å². The number of fused-ring (bicyclic) bond motifs is 2. The van der Waals surface area contributed by atoms with Crippen molar-refractivity contribution in [3.8, 4) is 5.75 Å². The Labute approximate surface area is 158 Å². The van der Waals surface area contributed by atoms with E-state index in [0.717, 1.165) is 19.6 Å². The Kier molecular flexibility index (Phi) is 5.66. The number of benzene rings is 1. The third-order valence-electron chi connectivity index (χ3n) is 6.43. The Morgan fingerprint density at radius 2 is 1.65 bits per heavy atom. The lowest BCUT2D eigenvalue weighted by atomic mass is 9.64. The summed E-state index contributed by atoms with van der Waals surface area (Å²) < 4.78 is 33.2. The molecule has 2 atom stereocenters. The fraction of sp³-hybridized carbons (Fsp3) is 0.700. The summed E-state index contributed by atoms with van der Waals surface area (Å²) in [7, 11) is -1.87. The average molecular weight is 381 g/mol. The summed E-state index contributed by atoms with van der Waals surface area (Å²) >= 11 is 0. The van der Waals surface area contributed by atoms with E-state index in [2.05, 4.69) is 25.7 Å². The molecule has 0 spiro atoms. The Balaban J connectivity index is 1.79. The lowest BCUT2D eigenvalue weighted by Gasteiger charge is -2.55. The molecule has 2 fully saturated rings. The van der Waals surface area contributed by atoms with Crippen molar-refractivity contribution in [2.75, 3.05) is 39.8 Å². The van der Waals surface area contributed by atoms with Crippen molar-refractivity contribution >= 4 is 10.0 Å². The van der Waals surface area contributed by atoms with Crippen molar-refractivity contribution in [3.05, 3.63) is 24.3 Å². The number of likely N-dealkylation sites (tertiary alicyclic amines) is 1. The third-order valence-corrected chi connectivity index (χ3v) is 8.28. The SMILES string of the molecule is CCCCN1CC2CN(S(=O)(=O)c3ccc(OC)cc3)CC(C1)C2(C)C. The normalized spacial score (nSPS) is 26.6. The Morgan fingerprint density at radius 1 is 1.08 bits per heavy atom. The lowest BCUT2D eigenvalue weighted by molar-refractivity contribution is -0.0493. The van der Waals surface area contributed by atoms with Crippen LogP contribution in [0.1, 0.15) is 33.6 Å². The minimum Gasteiger partial charge on any atom is -0.497 e. The standard InChI is InChI=1S/C20H32N2O3S/c1-5-6-11-21-12-16-14-22(15-17(13-21)20(16,2)3)26(23,24)19-9-7-18(25-4)8-10-19/h7-10,16-17H,5-6,11-15H2,1-4H3. The molecule has 0 N–H and O–H groups in total. The topological polar surface area (TPSA) is 49.9 Å². The van der Waals surface area contributed by atoms with Gasteiger partial charge in [0.25, 0.3) is 0 Å². The predicted octanol–water partition coefficient (Wildman–Crippen LogP) is 3.07. The van der Waals surface area contributed by atoms with E-state index in [4.69, 9.17) is 4.74 Å². The van der Waals surface area contributed by atoms with Crippen LogP contribution in [0.3, 0.4) is 0 Å². The van der Waals surface area contributed by atoms with Gasteiger partial charge in [0.15, 0.2) is 0 Å². The molecule has 2 aliphatic heterocycles. The molecule has 0 aliphatic carbocycles. The van der Waals surface area contributed by atoms with E-state index >= 15 is 0 Å². The molecule has 2 bridgehead atoms. The van der Waals surface area contributed by atoms with Gasteiger partial charge >= 0.3 is 0 Å². The number of ether oxygens (including phenoxy) is 1. The lowest BCUT2D eigenvalue weighted by Crippen LogP contribution is -2.62. The van der Waals surface area contributed by atoms with Crippen LogP contribution >= 0.6 is 0 Å². The Hall–Kier alpha value is -1.11. The quantitative estimate of drug-likeness (QED) is 0.761. The molecule has 26 heavy (non-hydrogen) atoms.